The first-order valence-corrected chi connectivity index (χ1v) is 7.60. The standard InChI is InChI=1S/C14H20N2O2S/c1-6-12-11-13(19(17,18)15(4)5)9-10-14(12)16(7-2)8-3/h1,9-11H,7-8H2,2-5H3. The zero-order chi connectivity index (χ0) is 14.6. The van der Waals surface area contributed by atoms with Crippen molar-refractivity contribution in [2.24, 2.45) is 0 Å². The zero-order valence-corrected chi connectivity index (χ0v) is 12.7. The van der Waals surface area contributed by atoms with E-state index in [1.54, 1.807) is 18.2 Å². The smallest absolute Gasteiger partial charge is 0.242 e. The van der Waals surface area contributed by atoms with Crippen LogP contribution >= 0.6 is 0 Å². The topological polar surface area (TPSA) is 40.6 Å². The molecule has 1 rings (SSSR count). The third-order valence-corrected chi connectivity index (χ3v) is 4.82. The summed E-state index contributed by atoms with van der Waals surface area (Å²) in [5.74, 6) is 2.57. The van der Waals surface area contributed by atoms with E-state index in [0.29, 0.717) is 5.56 Å². The van der Waals surface area contributed by atoms with Crippen molar-refractivity contribution in [3.8, 4) is 12.3 Å². The second kappa shape index (κ2) is 6.09. The first kappa shape index (κ1) is 15.5. The summed E-state index contributed by atoms with van der Waals surface area (Å²) in [4.78, 5) is 2.32. The molecule has 0 atom stereocenters. The Kier molecular flexibility index (Phi) is 4.98. The van der Waals surface area contributed by atoms with E-state index in [-0.39, 0.29) is 4.90 Å². The van der Waals surface area contributed by atoms with Gasteiger partial charge in [0.15, 0.2) is 0 Å². The van der Waals surface area contributed by atoms with Crippen LogP contribution in [0, 0.1) is 12.3 Å². The molecule has 0 N–H and O–H groups in total. The Balaban J connectivity index is 3.37. The molecule has 0 radical (unpaired) electrons. The molecule has 19 heavy (non-hydrogen) atoms. The van der Waals surface area contributed by atoms with Gasteiger partial charge in [-0.05, 0) is 32.0 Å². The van der Waals surface area contributed by atoms with E-state index in [9.17, 15) is 8.42 Å². The summed E-state index contributed by atoms with van der Waals surface area (Å²) < 4.78 is 25.3. The number of nitrogens with zero attached hydrogens (tertiary/aromatic N) is 2. The van der Waals surface area contributed by atoms with Crippen molar-refractivity contribution in [3.05, 3.63) is 23.8 Å². The van der Waals surface area contributed by atoms with Crippen LogP contribution in [0.3, 0.4) is 0 Å². The van der Waals surface area contributed by atoms with Crippen LogP contribution < -0.4 is 4.90 Å². The Morgan fingerprint density at radius 3 is 2.21 bits per heavy atom. The molecule has 0 saturated heterocycles. The number of hydrogen-bond acceptors (Lipinski definition) is 3. The van der Waals surface area contributed by atoms with Gasteiger partial charge in [0.25, 0.3) is 0 Å². The van der Waals surface area contributed by atoms with Crippen molar-refractivity contribution in [2.45, 2.75) is 18.7 Å². The predicted octanol–water partition coefficient (Wildman–Crippen LogP) is 1.76. The summed E-state index contributed by atoms with van der Waals surface area (Å²) in [5, 5.41) is 0. The molecule has 0 aromatic heterocycles. The summed E-state index contributed by atoms with van der Waals surface area (Å²) in [5.41, 5.74) is 1.50. The van der Waals surface area contributed by atoms with Crippen molar-refractivity contribution in [1.82, 2.24) is 4.31 Å². The van der Waals surface area contributed by atoms with E-state index < -0.39 is 10.0 Å². The minimum atomic E-state index is -3.45. The summed E-state index contributed by atoms with van der Waals surface area (Å²) in [6.07, 6.45) is 5.50. The Morgan fingerprint density at radius 2 is 1.79 bits per heavy atom. The molecule has 0 aliphatic rings. The molecule has 0 bridgehead atoms. The molecule has 5 heteroatoms. The first-order chi connectivity index (χ1) is 8.88. The monoisotopic (exact) mass is 280 g/mol. The van der Waals surface area contributed by atoms with Crippen molar-refractivity contribution in [3.63, 3.8) is 0 Å². The SMILES string of the molecule is C#Cc1cc(S(=O)(=O)N(C)C)ccc1N(CC)CC. The van der Waals surface area contributed by atoms with Crippen LogP contribution in [-0.2, 0) is 10.0 Å². The second-order valence-electron chi connectivity index (χ2n) is 4.28. The van der Waals surface area contributed by atoms with Gasteiger partial charge < -0.3 is 4.90 Å². The number of hydrogen-bond donors (Lipinski definition) is 0. The minimum absolute atomic E-state index is 0.223. The summed E-state index contributed by atoms with van der Waals surface area (Å²) in [6, 6.07) is 4.94. The Bertz CT molecular complexity index is 582. The fourth-order valence-corrected chi connectivity index (χ4v) is 2.77. The van der Waals surface area contributed by atoms with Crippen LogP contribution in [0.2, 0.25) is 0 Å². The fourth-order valence-electron chi connectivity index (χ4n) is 1.84. The molecule has 0 aliphatic carbocycles. The summed E-state index contributed by atoms with van der Waals surface area (Å²) in [6.45, 7) is 5.72. The Morgan fingerprint density at radius 1 is 1.21 bits per heavy atom. The van der Waals surface area contributed by atoms with E-state index >= 15 is 0 Å². The molecule has 104 valence electrons. The molecular formula is C14H20N2O2S. The minimum Gasteiger partial charge on any atom is -0.371 e. The molecular weight excluding hydrogens is 260 g/mol. The van der Waals surface area contributed by atoms with Crippen molar-refractivity contribution in [2.75, 3.05) is 32.1 Å². The van der Waals surface area contributed by atoms with Crippen molar-refractivity contribution in [1.29, 1.82) is 0 Å². The van der Waals surface area contributed by atoms with Crippen LogP contribution in [0.5, 0.6) is 0 Å². The van der Waals surface area contributed by atoms with Gasteiger partial charge in [0.2, 0.25) is 10.0 Å². The summed E-state index contributed by atoms with van der Waals surface area (Å²) >= 11 is 0. The molecule has 0 fully saturated rings. The molecule has 0 unspecified atom stereocenters. The van der Waals surface area contributed by atoms with E-state index in [2.05, 4.69) is 10.8 Å². The maximum absolute atomic E-state index is 12.1. The average molecular weight is 280 g/mol. The number of terminal acetylenes is 1. The third kappa shape index (κ3) is 3.09. The zero-order valence-electron chi connectivity index (χ0n) is 11.8. The third-order valence-electron chi connectivity index (χ3n) is 3.01. The number of anilines is 1. The largest absolute Gasteiger partial charge is 0.371 e. The highest BCUT2D eigenvalue weighted by molar-refractivity contribution is 7.89. The molecule has 0 saturated carbocycles. The highest BCUT2D eigenvalue weighted by Gasteiger charge is 2.19. The maximum Gasteiger partial charge on any atom is 0.242 e. The molecule has 0 heterocycles. The van der Waals surface area contributed by atoms with Gasteiger partial charge in [0, 0.05) is 32.7 Å². The van der Waals surface area contributed by atoms with Crippen LogP contribution in [0.1, 0.15) is 19.4 Å². The van der Waals surface area contributed by atoms with Gasteiger partial charge in [-0.15, -0.1) is 6.42 Å². The predicted molar refractivity (Wildman–Crippen MR) is 78.8 cm³/mol. The van der Waals surface area contributed by atoms with Gasteiger partial charge in [0.05, 0.1) is 10.6 Å². The normalized spacial score (nSPS) is 11.4. The van der Waals surface area contributed by atoms with Crippen LogP contribution in [0.25, 0.3) is 0 Å². The lowest BCUT2D eigenvalue weighted by Crippen LogP contribution is -2.24. The van der Waals surface area contributed by atoms with E-state index in [4.69, 9.17) is 6.42 Å². The van der Waals surface area contributed by atoms with E-state index in [0.717, 1.165) is 18.8 Å². The first-order valence-electron chi connectivity index (χ1n) is 6.16. The molecule has 1 aromatic carbocycles. The van der Waals surface area contributed by atoms with E-state index in [1.165, 1.54) is 18.4 Å². The molecule has 0 aliphatic heterocycles. The van der Waals surface area contributed by atoms with Crippen LogP contribution in [-0.4, -0.2) is 39.9 Å². The lowest BCUT2D eigenvalue weighted by molar-refractivity contribution is 0.520. The fraction of sp³-hybridized carbons (Fsp3) is 0.429. The van der Waals surface area contributed by atoms with Crippen molar-refractivity contribution >= 4 is 15.7 Å². The van der Waals surface area contributed by atoms with Crippen molar-refractivity contribution < 1.29 is 8.42 Å². The molecule has 1 aromatic rings. The summed E-state index contributed by atoms with van der Waals surface area (Å²) in [7, 11) is -0.440. The average Bonchev–Trinajstić information content (AvgIpc) is 2.40. The van der Waals surface area contributed by atoms with Gasteiger partial charge in [-0.25, -0.2) is 12.7 Å². The van der Waals surface area contributed by atoms with E-state index in [1.807, 2.05) is 13.8 Å². The highest BCUT2D eigenvalue weighted by atomic mass is 32.2. The Labute approximate surface area is 116 Å². The molecule has 4 nitrogen and oxygen atoms in total. The number of benzene rings is 1. The van der Waals surface area contributed by atoms with Crippen LogP contribution in [0.15, 0.2) is 23.1 Å². The molecule has 0 spiro atoms. The second-order valence-corrected chi connectivity index (χ2v) is 6.43. The van der Waals surface area contributed by atoms with Crippen LogP contribution in [0.4, 0.5) is 5.69 Å². The highest BCUT2D eigenvalue weighted by Crippen LogP contribution is 2.24. The lowest BCUT2D eigenvalue weighted by Gasteiger charge is -2.23. The number of rotatable bonds is 5. The lowest BCUT2D eigenvalue weighted by atomic mass is 10.1. The number of sulfonamides is 1. The Hall–Kier alpha value is -1.51. The van der Waals surface area contributed by atoms with Gasteiger partial charge >= 0.3 is 0 Å². The molecule has 0 amide bonds. The van der Waals surface area contributed by atoms with Gasteiger partial charge in [-0.2, -0.15) is 0 Å². The van der Waals surface area contributed by atoms with Gasteiger partial charge in [-0.3, -0.25) is 0 Å². The maximum atomic E-state index is 12.1. The van der Waals surface area contributed by atoms with Gasteiger partial charge in [0.1, 0.15) is 0 Å². The van der Waals surface area contributed by atoms with Gasteiger partial charge in [-0.1, -0.05) is 5.92 Å². The quantitative estimate of drug-likeness (QED) is 0.772.